The van der Waals surface area contributed by atoms with E-state index in [0.717, 1.165) is 24.4 Å². The second kappa shape index (κ2) is 7.92. The van der Waals surface area contributed by atoms with E-state index in [9.17, 15) is 9.90 Å². The van der Waals surface area contributed by atoms with Gasteiger partial charge in [-0.25, -0.2) is 0 Å². The molecule has 1 aliphatic rings. The molecule has 0 spiro atoms. The standard InChI is InChI=1S/C22H27NO3/c1-15-12-16(2)14-18(13-15)21(19-6-4-5-7-20(19)26-3)23-10-8-17(9-11-23)22(24)25/h4-7,12-14,17,21H,8-11H2,1-3H3,(H,24,25). The van der Waals surface area contributed by atoms with Gasteiger partial charge < -0.3 is 9.84 Å². The van der Waals surface area contributed by atoms with Crippen LogP contribution < -0.4 is 4.74 Å². The Bertz CT molecular complexity index is 758. The van der Waals surface area contributed by atoms with Gasteiger partial charge in [0.15, 0.2) is 0 Å². The van der Waals surface area contributed by atoms with Gasteiger partial charge >= 0.3 is 5.97 Å². The molecule has 2 aromatic rings. The fourth-order valence-electron chi connectivity index (χ4n) is 4.05. The normalized spacial score (nSPS) is 17.0. The number of benzene rings is 2. The van der Waals surface area contributed by atoms with Gasteiger partial charge in [0, 0.05) is 5.56 Å². The molecule has 26 heavy (non-hydrogen) atoms. The van der Waals surface area contributed by atoms with Crippen LogP contribution in [0, 0.1) is 19.8 Å². The number of rotatable bonds is 5. The molecular weight excluding hydrogens is 326 g/mol. The summed E-state index contributed by atoms with van der Waals surface area (Å²) in [7, 11) is 1.70. The molecule has 0 amide bonds. The lowest BCUT2D eigenvalue weighted by Crippen LogP contribution is -2.39. The summed E-state index contributed by atoms with van der Waals surface area (Å²) in [4.78, 5) is 13.7. The number of aryl methyl sites for hydroxylation is 2. The Morgan fingerprint density at radius 1 is 1.12 bits per heavy atom. The molecule has 0 aromatic heterocycles. The Morgan fingerprint density at radius 2 is 1.73 bits per heavy atom. The Labute approximate surface area is 155 Å². The first-order chi connectivity index (χ1) is 12.5. The molecule has 4 nitrogen and oxygen atoms in total. The SMILES string of the molecule is COc1ccccc1C(c1cc(C)cc(C)c1)N1CCC(C(=O)O)CC1. The predicted molar refractivity (Wildman–Crippen MR) is 103 cm³/mol. The molecule has 0 radical (unpaired) electrons. The van der Waals surface area contributed by atoms with Gasteiger partial charge in [0.2, 0.25) is 0 Å². The van der Waals surface area contributed by atoms with Crippen LogP contribution in [-0.2, 0) is 4.79 Å². The highest BCUT2D eigenvalue weighted by molar-refractivity contribution is 5.70. The van der Waals surface area contributed by atoms with Crippen molar-refractivity contribution in [2.45, 2.75) is 32.7 Å². The van der Waals surface area contributed by atoms with Gasteiger partial charge in [-0.1, -0.05) is 47.5 Å². The largest absolute Gasteiger partial charge is 0.496 e. The highest BCUT2D eigenvalue weighted by atomic mass is 16.5. The molecule has 1 N–H and O–H groups in total. The molecule has 138 valence electrons. The Kier molecular flexibility index (Phi) is 5.62. The molecule has 1 heterocycles. The second-order valence-electron chi connectivity index (χ2n) is 7.21. The van der Waals surface area contributed by atoms with E-state index in [0.29, 0.717) is 12.8 Å². The highest BCUT2D eigenvalue weighted by Gasteiger charge is 2.31. The maximum Gasteiger partial charge on any atom is 0.306 e. The Morgan fingerprint density at radius 3 is 2.31 bits per heavy atom. The average Bonchev–Trinajstić information content (AvgIpc) is 2.62. The Balaban J connectivity index is 2.01. The van der Waals surface area contributed by atoms with Crippen LogP contribution in [-0.4, -0.2) is 36.2 Å². The predicted octanol–water partition coefficient (Wildman–Crippen LogP) is 4.20. The van der Waals surface area contributed by atoms with E-state index in [1.807, 2.05) is 18.2 Å². The lowest BCUT2D eigenvalue weighted by molar-refractivity contribution is -0.143. The van der Waals surface area contributed by atoms with Gasteiger partial charge in [0.05, 0.1) is 19.1 Å². The van der Waals surface area contributed by atoms with Crippen molar-refractivity contribution in [1.82, 2.24) is 4.90 Å². The summed E-state index contributed by atoms with van der Waals surface area (Å²) in [6.45, 7) is 5.78. The molecule has 1 atom stereocenters. The van der Waals surface area contributed by atoms with Gasteiger partial charge in [-0.05, 0) is 51.4 Å². The summed E-state index contributed by atoms with van der Waals surface area (Å²) in [6.07, 6.45) is 1.37. The first-order valence-corrected chi connectivity index (χ1v) is 9.17. The van der Waals surface area contributed by atoms with Crippen molar-refractivity contribution in [1.29, 1.82) is 0 Å². The summed E-state index contributed by atoms with van der Waals surface area (Å²) in [6, 6.07) is 14.8. The number of methoxy groups -OCH3 is 1. The highest BCUT2D eigenvalue weighted by Crippen LogP contribution is 2.37. The molecule has 3 rings (SSSR count). The van der Waals surface area contributed by atoms with E-state index in [1.54, 1.807) is 7.11 Å². The zero-order chi connectivity index (χ0) is 18.7. The zero-order valence-corrected chi connectivity index (χ0v) is 15.7. The van der Waals surface area contributed by atoms with Gasteiger partial charge in [-0.15, -0.1) is 0 Å². The molecule has 0 bridgehead atoms. The third-order valence-electron chi connectivity index (χ3n) is 5.24. The number of carboxylic acids is 1. The van der Waals surface area contributed by atoms with Crippen LogP contribution in [0.1, 0.15) is 41.1 Å². The van der Waals surface area contributed by atoms with Gasteiger partial charge in [-0.2, -0.15) is 0 Å². The molecule has 0 aliphatic carbocycles. The van der Waals surface area contributed by atoms with Gasteiger partial charge in [0.1, 0.15) is 5.75 Å². The van der Waals surface area contributed by atoms with Crippen molar-refractivity contribution in [2.75, 3.05) is 20.2 Å². The summed E-state index contributed by atoms with van der Waals surface area (Å²) in [5, 5.41) is 9.31. The molecule has 2 aromatic carbocycles. The number of hydrogen-bond donors (Lipinski definition) is 1. The van der Waals surface area contributed by atoms with Crippen molar-refractivity contribution < 1.29 is 14.6 Å². The van der Waals surface area contributed by atoms with Crippen LogP contribution in [0.25, 0.3) is 0 Å². The van der Waals surface area contributed by atoms with Crippen molar-refractivity contribution in [3.05, 3.63) is 64.7 Å². The van der Waals surface area contributed by atoms with Crippen LogP contribution in [0.2, 0.25) is 0 Å². The number of ether oxygens (including phenoxy) is 1. The minimum atomic E-state index is -0.676. The van der Waals surface area contributed by atoms with E-state index in [-0.39, 0.29) is 12.0 Å². The first kappa shape index (κ1) is 18.5. The monoisotopic (exact) mass is 353 g/mol. The molecule has 1 aliphatic heterocycles. The minimum absolute atomic E-state index is 0.0690. The summed E-state index contributed by atoms with van der Waals surface area (Å²) >= 11 is 0. The quantitative estimate of drug-likeness (QED) is 0.875. The molecule has 1 saturated heterocycles. The number of aliphatic carboxylic acids is 1. The van der Waals surface area contributed by atoms with Crippen LogP contribution in [0.5, 0.6) is 5.75 Å². The number of para-hydroxylation sites is 1. The number of likely N-dealkylation sites (tertiary alicyclic amines) is 1. The molecule has 1 unspecified atom stereocenters. The fourth-order valence-corrected chi connectivity index (χ4v) is 4.05. The lowest BCUT2D eigenvalue weighted by atomic mass is 9.90. The van der Waals surface area contributed by atoms with Crippen LogP contribution in [0.15, 0.2) is 42.5 Å². The molecular formula is C22H27NO3. The van der Waals surface area contributed by atoms with Crippen molar-refractivity contribution in [3.8, 4) is 5.75 Å². The van der Waals surface area contributed by atoms with E-state index in [1.165, 1.54) is 16.7 Å². The van der Waals surface area contributed by atoms with E-state index in [2.05, 4.69) is 43.0 Å². The molecule has 0 saturated carbocycles. The maximum atomic E-state index is 11.3. The number of carboxylic acid groups (broad SMARTS) is 1. The van der Waals surface area contributed by atoms with Crippen molar-refractivity contribution in [2.24, 2.45) is 5.92 Å². The van der Waals surface area contributed by atoms with E-state index in [4.69, 9.17) is 4.74 Å². The molecule has 4 heteroatoms. The number of nitrogens with zero attached hydrogens (tertiary/aromatic N) is 1. The smallest absolute Gasteiger partial charge is 0.306 e. The minimum Gasteiger partial charge on any atom is -0.496 e. The maximum absolute atomic E-state index is 11.3. The van der Waals surface area contributed by atoms with Crippen LogP contribution >= 0.6 is 0 Å². The van der Waals surface area contributed by atoms with E-state index >= 15 is 0 Å². The summed E-state index contributed by atoms with van der Waals surface area (Å²) < 4.78 is 5.64. The lowest BCUT2D eigenvalue weighted by Gasteiger charge is -2.37. The Hall–Kier alpha value is -2.33. The first-order valence-electron chi connectivity index (χ1n) is 9.17. The van der Waals surface area contributed by atoms with E-state index < -0.39 is 5.97 Å². The van der Waals surface area contributed by atoms with Gasteiger partial charge in [0.25, 0.3) is 0 Å². The van der Waals surface area contributed by atoms with Crippen LogP contribution in [0.3, 0.4) is 0 Å². The summed E-state index contributed by atoms with van der Waals surface area (Å²) in [5.41, 5.74) is 4.84. The van der Waals surface area contributed by atoms with Gasteiger partial charge in [-0.3, -0.25) is 9.69 Å². The number of piperidine rings is 1. The second-order valence-corrected chi connectivity index (χ2v) is 7.21. The third-order valence-corrected chi connectivity index (χ3v) is 5.24. The molecule has 1 fully saturated rings. The summed E-state index contributed by atoms with van der Waals surface area (Å²) in [5.74, 6) is -0.0364. The zero-order valence-electron chi connectivity index (χ0n) is 15.7. The third kappa shape index (κ3) is 3.91. The number of hydrogen-bond acceptors (Lipinski definition) is 3. The average molecular weight is 353 g/mol. The number of carbonyl (C=O) groups is 1. The fraction of sp³-hybridized carbons (Fsp3) is 0.409. The van der Waals surface area contributed by atoms with Crippen molar-refractivity contribution in [3.63, 3.8) is 0 Å². The van der Waals surface area contributed by atoms with Crippen molar-refractivity contribution >= 4 is 5.97 Å². The van der Waals surface area contributed by atoms with Crippen LogP contribution in [0.4, 0.5) is 0 Å². The topological polar surface area (TPSA) is 49.8 Å².